The molecule has 0 bridgehead atoms. The van der Waals surface area contributed by atoms with Crippen LogP contribution in [0.25, 0.3) is 0 Å². The summed E-state index contributed by atoms with van der Waals surface area (Å²) in [6, 6.07) is 0. The molecule has 0 aliphatic heterocycles. The minimum absolute atomic E-state index is 0.279. The molecule has 9 heteroatoms. The number of sulfonamides is 1. The van der Waals surface area contributed by atoms with Crippen molar-refractivity contribution in [3.8, 4) is 0 Å². The van der Waals surface area contributed by atoms with Gasteiger partial charge in [-0.3, -0.25) is 0 Å². The fourth-order valence-electron chi connectivity index (χ4n) is 1.26. The summed E-state index contributed by atoms with van der Waals surface area (Å²) in [6.45, 7) is 0.518. The molecule has 7 nitrogen and oxygen atoms in total. The van der Waals surface area contributed by atoms with E-state index in [0.717, 1.165) is 11.3 Å². The molecule has 0 saturated heterocycles. The fraction of sp³-hybridized carbons (Fsp3) is 0.444. The molecule has 0 aromatic carbocycles. The molecule has 0 radical (unpaired) electrons. The van der Waals surface area contributed by atoms with Crippen molar-refractivity contribution in [3.63, 3.8) is 0 Å². The molecule has 0 fully saturated rings. The molecule has 1 unspecified atom stereocenters. The summed E-state index contributed by atoms with van der Waals surface area (Å²) in [5.41, 5.74) is 0.323. The van der Waals surface area contributed by atoms with Crippen LogP contribution >= 0.6 is 11.3 Å². The van der Waals surface area contributed by atoms with E-state index < -0.39 is 28.7 Å². The van der Waals surface area contributed by atoms with Gasteiger partial charge in [-0.05, 0) is 17.9 Å². The first-order chi connectivity index (χ1) is 8.29. The molecule has 0 aliphatic carbocycles. The molecule has 18 heavy (non-hydrogen) atoms. The molecular weight excluding hydrogens is 282 g/mol. The van der Waals surface area contributed by atoms with E-state index in [9.17, 15) is 13.2 Å². The van der Waals surface area contributed by atoms with E-state index in [1.54, 1.807) is 0 Å². The zero-order chi connectivity index (χ0) is 13.9. The summed E-state index contributed by atoms with van der Waals surface area (Å²) in [4.78, 5) is 10.3. The van der Waals surface area contributed by atoms with Gasteiger partial charge in [0.2, 0.25) is 10.0 Å². The van der Waals surface area contributed by atoms with E-state index in [2.05, 4.69) is 4.72 Å². The number of carbonyl (C=O) groups is 1. The first-order valence-electron chi connectivity index (χ1n) is 4.89. The predicted molar refractivity (Wildman–Crippen MR) is 64.3 cm³/mol. The van der Waals surface area contributed by atoms with Gasteiger partial charge in [0.1, 0.15) is 9.77 Å². The summed E-state index contributed by atoms with van der Waals surface area (Å²) < 4.78 is 25.9. The number of aliphatic hydroxyl groups excluding tert-OH is 2. The van der Waals surface area contributed by atoms with Gasteiger partial charge in [-0.15, -0.1) is 11.3 Å². The van der Waals surface area contributed by atoms with Crippen LogP contribution in [-0.2, 0) is 10.0 Å². The van der Waals surface area contributed by atoms with Gasteiger partial charge in [0.15, 0.2) is 0 Å². The monoisotopic (exact) mass is 295 g/mol. The number of hydrogen-bond donors (Lipinski definition) is 4. The van der Waals surface area contributed by atoms with E-state index in [1.807, 2.05) is 0 Å². The molecule has 1 atom stereocenters. The van der Waals surface area contributed by atoms with Crippen LogP contribution in [-0.4, -0.2) is 49.0 Å². The lowest BCUT2D eigenvalue weighted by Gasteiger charge is -2.10. The Bertz CT molecular complexity index is 535. The lowest BCUT2D eigenvalue weighted by atomic mass is 10.3. The van der Waals surface area contributed by atoms with E-state index in [0.29, 0.717) is 5.56 Å². The maximum atomic E-state index is 11.9. The Kier molecular flexibility index (Phi) is 4.82. The lowest BCUT2D eigenvalue weighted by molar-refractivity contribution is 0.0698. The first kappa shape index (κ1) is 15.1. The SMILES string of the molecule is Cc1csc(C(=O)O)c1S(=O)(=O)NCC(O)CO. The summed E-state index contributed by atoms with van der Waals surface area (Å²) in [5, 5.41) is 28.0. The summed E-state index contributed by atoms with van der Waals surface area (Å²) >= 11 is 0.821. The molecule has 1 aromatic heterocycles. The molecule has 1 aromatic rings. The zero-order valence-electron chi connectivity index (χ0n) is 9.45. The number of aryl methyl sites for hydroxylation is 1. The normalized spacial score (nSPS) is 13.5. The van der Waals surface area contributed by atoms with Crippen molar-refractivity contribution < 1.29 is 28.5 Å². The Morgan fingerprint density at radius 1 is 1.56 bits per heavy atom. The lowest BCUT2D eigenvalue weighted by Crippen LogP contribution is -2.34. The largest absolute Gasteiger partial charge is 0.477 e. The standard InChI is InChI=1S/C9H13NO6S2/c1-5-4-17-7(9(13)14)8(5)18(15,16)10-2-6(12)3-11/h4,6,10-12H,2-3H2,1H3,(H,13,14). The molecule has 0 saturated carbocycles. The zero-order valence-corrected chi connectivity index (χ0v) is 11.1. The second-order valence-corrected chi connectivity index (χ2v) is 6.15. The molecule has 0 aliphatic rings. The summed E-state index contributed by atoms with van der Waals surface area (Å²) in [5.74, 6) is -1.32. The molecule has 102 valence electrons. The van der Waals surface area contributed by atoms with Crippen molar-refractivity contribution in [1.82, 2.24) is 4.72 Å². The van der Waals surface area contributed by atoms with Crippen molar-refractivity contribution in [2.75, 3.05) is 13.2 Å². The highest BCUT2D eigenvalue weighted by atomic mass is 32.2. The van der Waals surface area contributed by atoms with E-state index in [1.165, 1.54) is 12.3 Å². The maximum absolute atomic E-state index is 11.9. The van der Waals surface area contributed by atoms with Gasteiger partial charge in [0.25, 0.3) is 0 Å². The number of aromatic carboxylic acids is 1. The van der Waals surface area contributed by atoms with Gasteiger partial charge >= 0.3 is 5.97 Å². The van der Waals surface area contributed by atoms with Crippen LogP contribution in [0.1, 0.15) is 15.2 Å². The van der Waals surface area contributed by atoms with Gasteiger partial charge in [-0.25, -0.2) is 17.9 Å². The van der Waals surface area contributed by atoms with Crippen LogP contribution in [0, 0.1) is 6.92 Å². The minimum Gasteiger partial charge on any atom is -0.477 e. The third-order valence-electron chi connectivity index (χ3n) is 2.10. The topological polar surface area (TPSA) is 124 Å². The second-order valence-electron chi connectivity index (χ2n) is 3.57. The third-order valence-corrected chi connectivity index (χ3v) is 4.93. The molecule has 1 heterocycles. The van der Waals surface area contributed by atoms with Crippen LogP contribution in [0.2, 0.25) is 0 Å². The summed E-state index contributed by atoms with van der Waals surface area (Å²) in [7, 11) is -4.02. The van der Waals surface area contributed by atoms with Crippen molar-refractivity contribution in [3.05, 3.63) is 15.8 Å². The van der Waals surface area contributed by atoms with Gasteiger partial charge in [0.05, 0.1) is 12.7 Å². The Morgan fingerprint density at radius 3 is 2.67 bits per heavy atom. The van der Waals surface area contributed by atoms with Gasteiger partial charge < -0.3 is 15.3 Å². The number of rotatable bonds is 6. The Morgan fingerprint density at radius 2 is 2.17 bits per heavy atom. The number of carboxylic acid groups (broad SMARTS) is 1. The average molecular weight is 295 g/mol. The highest BCUT2D eigenvalue weighted by Gasteiger charge is 2.26. The molecule has 4 N–H and O–H groups in total. The Hall–Kier alpha value is -1.00. The Labute approximate surface area is 108 Å². The predicted octanol–water partition coefficient (Wildman–Crippen LogP) is -0.614. The van der Waals surface area contributed by atoms with E-state index in [-0.39, 0.29) is 16.3 Å². The summed E-state index contributed by atoms with van der Waals surface area (Å²) in [6.07, 6.45) is -1.23. The van der Waals surface area contributed by atoms with E-state index in [4.69, 9.17) is 15.3 Å². The maximum Gasteiger partial charge on any atom is 0.347 e. The van der Waals surface area contributed by atoms with Crippen LogP contribution in [0.5, 0.6) is 0 Å². The van der Waals surface area contributed by atoms with Gasteiger partial charge in [0, 0.05) is 6.54 Å². The third kappa shape index (κ3) is 3.27. The molecule has 0 spiro atoms. The smallest absolute Gasteiger partial charge is 0.347 e. The van der Waals surface area contributed by atoms with Crippen LogP contribution < -0.4 is 4.72 Å². The quantitative estimate of drug-likeness (QED) is 0.555. The van der Waals surface area contributed by atoms with Crippen molar-refractivity contribution in [2.24, 2.45) is 0 Å². The van der Waals surface area contributed by atoms with Crippen molar-refractivity contribution in [1.29, 1.82) is 0 Å². The number of nitrogens with one attached hydrogen (secondary N) is 1. The number of carboxylic acids is 1. The molecule has 0 amide bonds. The number of aliphatic hydroxyl groups is 2. The number of hydrogen-bond acceptors (Lipinski definition) is 6. The first-order valence-corrected chi connectivity index (χ1v) is 7.26. The van der Waals surface area contributed by atoms with Crippen LogP contribution in [0.15, 0.2) is 10.3 Å². The highest BCUT2D eigenvalue weighted by Crippen LogP contribution is 2.26. The van der Waals surface area contributed by atoms with Crippen molar-refractivity contribution in [2.45, 2.75) is 17.9 Å². The number of thiophene rings is 1. The second kappa shape index (κ2) is 5.76. The minimum atomic E-state index is -4.02. The van der Waals surface area contributed by atoms with E-state index >= 15 is 0 Å². The average Bonchev–Trinajstić information content (AvgIpc) is 2.69. The van der Waals surface area contributed by atoms with Gasteiger partial charge in [-0.2, -0.15) is 0 Å². The molecule has 1 rings (SSSR count). The molecular formula is C9H13NO6S2. The van der Waals surface area contributed by atoms with Crippen LogP contribution in [0.4, 0.5) is 0 Å². The van der Waals surface area contributed by atoms with Crippen LogP contribution in [0.3, 0.4) is 0 Å². The van der Waals surface area contributed by atoms with Crippen molar-refractivity contribution >= 4 is 27.3 Å². The Balaban J connectivity index is 3.05. The van der Waals surface area contributed by atoms with Gasteiger partial charge in [-0.1, -0.05) is 0 Å². The fourth-order valence-corrected chi connectivity index (χ4v) is 3.96. The highest BCUT2D eigenvalue weighted by molar-refractivity contribution is 7.89.